The Hall–Kier alpha value is -1.33. The zero-order valence-corrected chi connectivity index (χ0v) is 12.1. The summed E-state index contributed by atoms with van der Waals surface area (Å²) >= 11 is 1.63. The van der Waals surface area contributed by atoms with Gasteiger partial charge in [-0.1, -0.05) is 18.2 Å². The van der Waals surface area contributed by atoms with Crippen molar-refractivity contribution in [1.29, 1.82) is 0 Å². The molecule has 1 unspecified atom stereocenters. The molecule has 2 rings (SSSR count). The summed E-state index contributed by atoms with van der Waals surface area (Å²) < 4.78 is 38.1. The van der Waals surface area contributed by atoms with Gasteiger partial charge in [0.15, 0.2) is 0 Å². The first kappa shape index (κ1) is 15.1. The summed E-state index contributed by atoms with van der Waals surface area (Å²) in [4.78, 5) is 1.17. The van der Waals surface area contributed by atoms with E-state index in [0.29, 0.717) is 12.0 Å². The van der Waals surface area contributed by atoms with Crippen LogP contribution in [-0.4, -0.2) is 7.05 Å². The largest absolute Gasteiger partial charge is 0.416 e. The predicted molar refractivity (Wildman–Crippen MR) is 76.0 cm³/mol. The maximum atomic E-state index is 12.7. The van der Waals surface area contributed by atoms with E-state index in [-0.39, 0.29) is 6.04 Å². The Kier molecular flexibility index (Phi) is 4.50. The fourth-order valence-corrected chi connectivity index (χ4v) is 3.22. The Balaban J connectivity index is 2.23. The normalized spacial score (nSPS) is 13.4. The minimum Gasteiger partial charge on any atom is -0.312 e. The molecule has 1 aromatic carbocycles. The van der Waals surface area contributed by atoms with Crippen molar-refractivity contribution >= 4 is 11.3 Å². The molecule has 0 amide bonds. The summed E-state index contributed by atoms with van der Waals surface area (Å²) in [5.41, 5.74) is 1.26. The number of aryl methyl sites for hydroxylation is 1. The lowest BCUT2D eigenvalue weighted by Gasteiger charge is -2.17. The van der Waals surface area contributed by atoms with Crippen LogP contribution in [0.5, 0.6) is 0 Å². The monoisotopic (exact) mass is 299 g/mol. The quantitative estimate of drug-likeness (QED) is 0.871. The van der Waals surface area contributed by atoms with Gasteiger partial charge in [0, 0.05) is 10.9 Å². The van der Waals surface area contributed by atoms with Gasteiger partial charge in [-0.25, -0.2) is 0 Å². The zero-order valence-electron chi connectivity index (χ0n) is 11.3. The van der Waals surface area contributed by atoms with Gasteiger partial charge in [0.25, 0.3) is 0 Å². The number of hydrogen-bond donors (Lipinski definition) is 1. The number of likely N-dealkylation sites (N-methyl/N-ethyl adjacent to an activating group) is 1. The highest BCUT2D eigenvalue weighted by Crippen LogP contribution is 2.31. The predicted octanol–water partition coefficient (Wildman–Crippen LogP) is 4.58. The molecule has 20 heavy (non-hydrogen) atoms. The molecule has 1 nitrogen and oxygen atoms in total. The highest BCUT2D eigenvalue weighted by molar-refractivity contribution is 7.10. The summed E-state index contributed by atoms with van der Waals surface area (Å²) in [6.07, 6.45) is -3.74. The molecular weight excluding hydrogens is 283 g/mol. The van der Waals surface area contributed by atoms with Gasteiger partial charge in [-0.05, 0) is 49.0 Å². The van der Waals surface area contributed by atoms with Crippen LogP contribution in [0.25, 0.3) is 0 Å². The van der Waals surface area contributed by atoms with E-state index >= 15 is 0 Å². The average molecular weight is 299 g/mol. The van der Waals surface area contributed by atoms with Crippen molar-refractivity contribution in [1.82, 2.24) is 5.32 Å². The van der Waals surface area contributed by atoms with Crippen LogP contribution in [0.15, 0.2) is 35.7 Å². The highest BCUT2D eigenvalue weighted by Gasteiger charge is 2.30. The van der Waals surface area contributed by atoms with Crippen LogP contribution in [0.4, 0.5) is 13.2 Å². The van der Waals surface area contributed by atoms with E-state index in [4.69, 9.17) is 0 Å². The van der Waals surface area contributed by atoms with E-state index in [1.54, 1.807) is 17.4 Å². The van der Waals surface area contributed by atoms with E-state index < -0.39 is 11.7 Å². The molecule has 0 aliphatic heterocycles. The second kappa shape index (κ2) is 5.97. The molecule has 1 N–H and O–H groups in total. The number of rotatable bonds is 4. The maximum absolute atomic E-state index is 12.7. The molecule has 0 fully saturated rings. The first-order valence-electron chi connectivity index (χ1n) is 6.29. The van der Waals surface area contributed by atoms with Crippen molar-refractivity contribution in [3.05, 3.63) is 57.3 Å². The van der Waals surface area contributed by atoms with Crippen molar-refractivity contribution in [2.75, 3.05) is 7.05 Å². The number of halogens is 3. The van der Waals surface area contributed by atoms with Gasteiger partial charge in [0.1, 0.15) is 0 Å². The van der Waals surface area contributed by atoms with E-state index in [1.165, 1.54) is 22.6 Å². The molecule has 5 heteroatoms. The molecule has 0 aliphatic carbocycles. The van der Waals surface area contributed by atoms with Gasteiger partial charge in [0.05, 0.1) is 5.56 Å². The van der Waals surface area contributed by atoms with Crippen LogP contribution < -0.4 is 5.32 Å². The summed E-state index contributed by atoms with van der Waals surface area (Å²) in [5.74, 6) is 0. The van der Waals surface area contributed by atoms with E-state index in [0.717, 1.165) is 6.07 Å². The fourth-order valence-electron chi connectivity index (χ4n) is 2.18. The van der Waals surface area contributed by atoms with Crippen molar-refractivity contribution in [3.8, 4) is 0 Å². The third-order valence-electron chi connectivity index (χ3n) is 3.26. The maximum Gasteiger partial charge on any atom is 0.416 e. The first-order valence-corrected chi connectivity index (χ1v) is 7.17. The molecular formula is C15H16F3NS. The van der Waals surface area contributed by atoms with Crippen LogP contribution in [0.1, 0.15) is 27.6 Å². The topological polar surface area (TPSA) is 12.0 Å². The molecule has 1 aromatic heterocycles. The van der Waals surface area contributed by atoms with E-state index in [1.807, 2.05) is 25.4 Å². The molecule has 108 valence electrons. The zero-order chi connectivity index (χ0) is 14.8. The molecule has 0 saturated carbocycles. The summed E-state index contributed by atoms with van der Waals surface area (Å²) in [7, 11) is 1.83. The third kappa shape index (κ3) is 3.41. The number of thiophene rings is 1. The Labute approximate surface area is 120 Å². The van der Waals surface area contributed by atoms with Crippen molar-refractivity contribution in [2.45, 2.75) is 25.6 Å². The second-order valence-corrected chi connectivity index (χ2v) is 5.66. The Morgan fingerprint density at radius 1 is 1.25 bits per heavy atom. The van der Waals surface area contributed by atoms with Gasteiger partial charge in [-0.3, -0.25) is 0 Å². The minimum atomic E-state index is -4.29. The first-order chi connectivity index (χ1) is 9.41. The number of hydrogen-bond acceptors (Lipinski definition) is 2. The number of nitrogens with one attached hydrogen (secondary N) is 1. The van der Waals surface area contributed by atoms with Gasteiger partial charge in [-0.2, -0.15) is 13.2 Å². The summed E-state index contributed by atoms with van der Waals surface area (Å²) in [6, 6.07) is 7.60. The minimum absolute atomic E-state index is 0.0403. The van der Waals surface area contributed by atoms with E-state index in [9.17, 15) is 13.2 Å². The SMILES string of the molecule is CNC(Cc1cccc(C(F)(F)F)c1)c1sccc1C. The van der Waals surface area contributed by atoms with E-state index in [2.05, 4.69) is 5.32 Å². The van der Waals surface area contributed by atoms with Gasteiger partial charge >= 0.3 is 6.18 Å². The Morgan fingerprint density at radius 2 is 2.00 bits per heavy atom. The standard InChI is InChI=1S/C15H16F3NS/c1-10-6-7-20-14(10)13(19-2)9-11-4-3-5-12(8-11)15(16,17)18/h3-8,13,19H,9H2,1-2H3. The fraction of sp³-hybridized carbons (Fsp3) is 0.333. The molecule has 0 saturated heterocycles. The molecule has 0 aliphatic rings. The third-order valence-corrected chi connectivity index (χ3v) is 4.39. The van der Waals surface area contributed by atoms with Crippen LogP contribution in [0, 0.1) is 6.92 Å². The Morgan fingerprint density at radius 3 is 2.55 bits per heavy atom. The van der Waals surface area contributed by atoms with Crippen LogP contribution >= 0.6 is 11.3 Å². The second-order valence-electron chi connectivity index (χ2n) is 4.71. The lowest BCUT2D eigenvalue weighted by Crippen LogP contribution is -2.18. The molecule has 1 atom stereocenters. The van der Waals surface area contributed by atoms with Crippen molar-refractivity contribution in [3.63, 3.8) is 0 Å². The van der Waals surface area contributed by atoms with Crippen LogP contribution in [0.3, 0.4) is 0 Å². The van der Waals surface area contributed by atoms with Crippen molar-refractivity contribution < 1.29 is 13.2 Å². The van der Waals surface area contributed by atoms with Gasteiger partial charge in [-0.15, -0.1) is 11.3 Å². The van der Waals surface area contributed by atoms with Crippen LogP contribution in [-0.2, 0) is 12.6 Å². The highest BCUT2D eigenvalue weighted by atomic mass is 32.1. The lowest BCUT2D eigenvalue weighted by molar-refractivity contribution is -0.137. The number of alkyl halides is 3. The smallest absolute Gasteiger partial charge is 0.312 e. The molecule has 0 spiro atoms. The van der Waals surface area contributed by atoms with Gasteiger partial charge in [0.2, 0.25) is 0 Å². The summed E-state index contributed by atoms with van der Waals surface area (Å²) in [5, 5.41) is 5.18. The van der Waals surface area contributed by atoms with Crippen LogP contribution in [0.2, 0.25) is 0 Å². The molecule has 0 bridgehead atoms. The van der Waals surface area contributed by atoms with Gasteiger partial charge < -0.3 is 5.32 Å². The lowest BCUT2D eigenvalue weighted by atomic mass is 10.0. The number of benzene rings is 1. The molecule has 2 aromatic rings. The molecule has 1 heterocycles. The van der Waals surface area contributed by atoms with Crippen molar-refractivity contribution in [2.24, 2.45) is 0 Å². The summed E-state index contributed by atoms with van der Waals surface area (Å²) in [6.45, 7) is 2.02. The molecule has 0 radical (unpaired) electrons. The average Bonchev–Trinajstić information content (AvgIpc) is 2.81. The Bertz CT molecular complexity index is 574.